The minimum absolute atomic E-state index is 0.260. The molecule has 76 valence electrons. The van der Waals surface area contributed by atoms with Gasteiger partial charge in [0.05, 0.1) is 16.8 Å². The van der Waals surface area contributed by atoms with Crippen molar-refractivity contribution in [1.82, 2.24) is 4.98 Å². The fraction of sp³-hybridized carbons (Fsp3) is 0.143. The van der Waals surface area contributed by atoms with Gasteiger partial charge in [-0.3, -0.25) is 4.79 Å². The number of hydrogen-bond acceptors (Lipinski definition) is 3. The molecule has 7 heteroatoms. The van der Waals surface area contributed by atoms with E-state index in [1.54, 1.807) is 0 Å². The second kappa shape index (κ2) is 3.75. The Hall–Kier alpha value is -1.43. The summed E-state index contributed by atoms with van der Waals surface area (Å²) in [6.07, 6.45) is -1.93. The van der Waals surface area contributed by atoms with E-state index in [-0.39, 0.29) is 5.56 Å². The molecule has 0 fully saturated rings. The van der Waals surface area contributed by atoms with E-state index in [1.807, 2.05) is 0 Å². The Morgan fingerprint density at radius 3 is 2.57 bits per heavy atom. The number of halogens is 3. The van der Waals surface area contributed by atoms with E-state index in [1.165, 1.54) is 0 Å². The highest BCUT2D eigenvalue weighted by Gasteiger charge is 2.21. The second-order valence-corrected chi connectivity index (χ2v) is 2.81. The molecule has 1 aromatic rings. The third kappa shape index (κ3) is 1.74. The summed E-state index contributed by atoms with van der Waals surface area (Å²) in [7, 11) is 0. The Bertz CT molecular complexity index is 383. The zero-order chi connectivity index (χ0) is 10.9. The Kier molecular flexibility index (Phi) is 2.85. The summed E-state index contributed by atoms with van der Waals surface area (Å²) < 4.78 is 24.8. The monoisotopic (exact) mass is 221 g/mol. The van der Waals surface area contributed by atoms with Crippen LogP contribution in [0.1, 0.15) is 22.3 Å². The first-order valence-electron chi connectivity index (χ1n) is 3.47. The molecule has 0 aliphatic carbocycles. The van der Waals surface area contributed by atoms with Gasteiger partial charge in [-0.2, -0.15) is 0 Å². The zero-order valence-electron chi connectivity index (χ0n) is 6.80. The summed E-state index contributed by atoms with van der Waals surface area (Å²) in [6.45, 7) is 0. The third-order valence-electron chi connectivity index (χ3n) is 1.59. The predicted octanol–water partition coefficient (Wildman–Crippen LogP) is 1.35. The molecule has 0 atom stereocenters. The number of rotatable bonds is 2. The number of nitrogen functional groups attached to an aromatic ring is 1. The molecular weight excluding hydrogens is 216 g/mol. The summed E-state index contributed by atoms with van der Waals surface area (Å²) in [5.41, 5.74) is 8.82. The van der Waals surface area contributed by atoms with Crippen LogP contribution in [0, 0.1) is 0 Å². The highest BCUT2D eigenvalue weighted by Crippen LogP contribution is 2.32. The lowest BCUT2D eigenvalue weighted by molar-refractivity contribution is 0.100. The van der Waals surface area contributed by atoms with Gasteiger partial charge in [0.15, 0.2) is 0 Å². The van der Waals surface area contributed by atoms with Gasteiger partial charge in [-0.05, 0) is 0 Å². The number of alkyl halides is 2. The van der Waals surface area contributed by atoms with Crippen molar-refractivity contribution in [2.24, 2.45) is 5.73 Å². The van der Waals surface area contributed by atoms with E-state index in [4.69, 9.17) is 23.1 Å². The lowest BCUT2D eigenvalue weighted by Crippen LogP contribution is -2.15. The second-order valence-electron chi connectivity index (χ2n) is 2.45. The SMILES string of the molecule is NC(=O)c1cnc(Cl)c(C(F)F)c1N. The Morgan fingerprint density at radius 2 is 2.14 bits per heavy atom. The van der Waals surface area contributed by atoms with E-state index in [0.717, 1.165) is 6.20 Å². The maximum Gasteiger partial charge on any atom is 0.268 e. The fourth-order valence-corrected chi connectivity index (χ4v) is 1.15. The van der Waals surface area contributed by atoms with Gasteiger partial charge in [0.2, 0.25) is 0 Å². The van der Waals surface area contributed by atoms with Crippen LogP contribution in [0.2, 0.25) is 5.15 Å². The average Bonchev–Trinajstić information content (AvgIpc) is 2.02. The van der Waals surface area contributed by atoms with Crippen LogP contribution in [0.4, 0.5) is 14.5 Å². The van der Waals surface area contributed by atoms with Crippen LogP contribution in [0.15, 0.2) is 6.20 Å². The summed E-state index contributed by atoms with van der Waals surface area (Å²) in [5.74, 6) is -0.923. The molecule has 0 aliphatic heterocycles. The number of primary amides is 1. The summed E-state index contributed by atoms with van der Waals surface area (Å²) in [5, 5.41) is -0.428. The van der Waals surface area contributed by atoms with Gasteiger partial charge in [0.1, 0.15) is 5.15 Å². The fourth-order valence-electron chi connectivity index (χ4n) is 0.920. The van der Waals surface area contributed by atoms with Gasteiger partial charge in [-0.25, -0.2) is 13.8 Å². The molecule has 0 aromatic carbocycles. The van der Waals surface area contributed by atoms with Gasteiger partial charge in [-0.1, -0.05) is 11.6 Å². The number of hydrogen-bond donors (Lipinski definition) is 2. The summed E-state index contributed by atoms with van der Waals surface area (Å²) in [6, 6.07) is 0. The van der Waals surface area contributed by atoms with Crippen molar-refractivity contribution in [2.45, 2.75) is 6.43 Å². The predicted molar refractivity (Wildman–Crippen MR) is 47.1 cm³/mol. The van der Waals surface area contributed by atoms with Crippen LogP contribution < -0.4 is 11.5 Å². The first-order valence-corrected chi connectivity index (χ1v) is 3.84. The standard InChI is InChI=1S/C7H6ClF2N3O/c8-5-3(6(9)10)4(11)2(1-13-5)7(12)14/h1,6H,(H2,11,13)(H2,12,14). The summed E-state index contributed by atoms with van der Waals surface area (Å²) in [4.78, 5) is 14.1. The van der Waals surface area contributed by atoms with E-state index in [2.05, 4.69) is 4.98 Å². The highest BCUT2D eigenvalue weighted by atomic mass is 35.5. The zero-order valence-corrected chi connectivity index (χ0v) is 7.55. The number of carbonyl (C=O) groups is 1. The third-order valence-corrected chi connectivity index (χ3v) is 1.89. The molecule has 1 rings (SSSR count). The number of carbonyl (C=O) groups excluding carboxylic acids is 1. The summed E-state index contributed by atoms with van der Waals surface area (Å²) >= 11 is 5.38. The van der Waals surface area contributed by atoms with E-state index < -0.39 is 28.7 Å². The molecule has 0 spiro atoms. The molecule has 0 saturated carbocycles. The van der Waals surface area contributed by atoms with Gasteiger partial charge in [0, 0.05) is 6.20 Å². The normalized spacial score (nSPS) is 10.6. The molecule has 0 unspecified atom stereocenters. The van der Waals surface area contributed by atoms with Gasteiger partial charge in [0.25, 0.3) is 12.3 Å². The number of amides is 1. The molecular formula is C7H6ClF2N3O. The van der Waals surface area contributed by atoms with Crippen LogP contribution in [-0.4, -0.2) is 10.9 Å². The van der Waals surface area contributed by atoms with Crippen molar-refractivity contribution in [3.8, 4) is 0 Å². The van der Waals surface area contributed by atoms with Crippen molar-refractivity contribution in [1.29, 1.82) is 0 Å². The van der Waals surface area contributed by atoms with Crippen molar-refractivity contribution >= 4 is 23.2 Å². The van der Waals surface area contributed by atoms with Gasteiger partial charge in [-0.15, -0.1) is 0 Å². The highest BCUT2D eigenvalue weighted by molar-refractivity contribution is 6.30. The molecule has 0 saturated heterocycles. The van der Waals surface area contributed by atoms with Crippen molar-refractivity contribution in [2.75, 3.05) is 5.73 Å². The molecule has 1 amide bonds. The van der Waals surface area contributed by atoms with Gasteiger partial charge < -0.3 is 11.5 Å². The first-order chi connectivity index (χ1) is 6.45. The minimum Gasteiger partial charge on any atom is -0.398 e. The number of pyridine rings is 1. The van der Waals surface area contributed by atoms with Crippen molar-refractivity contribution in [3.05, 3.63) is 22.5 Å². The maximum absolute atomic E-state index is 12.4. The molecule has 1 heterocycles. The quantitative estimate of drug-likeness (QED) is 0.740. The Morgan fingerprint density at radius 1 is 1.57 bits per heavy atom. The van der Waals surface area contributed by atoms with Crippen molar-refractivity contribution in [3.63, 3.8) is 0 Å². The van der Waals surface area contributed by atoms with Crippen LogP contribution in [0.25, 0.3) is 0 Å². The molecule has 0 aliphatic rings. The van der Waals surface area contributed by atoms with Crippen LogP contribution in [0.3, 0.4) is 0 Å². The number of anilines is 1. The van der Waals surface area contributed by atoms with Gasteiger partial charge >= 0.3 is 0 Å². The first kappa shape index (κ1) is 10.6. The van der Waals surface area contributed by atoms with Crippen LogP contribution in [-0.2, 0) is 0 Å². The molecule has 4 nitrogen and oxygen atoms in total. The minimum atomic E-state index is -2.89. The molecule has 0 bridgehead atoms. The smallest absolute Gasteiger partial charge is 0.268 e. The maximum atomic E-state index is 12.4. The average molecular weight is 222 g/mol. The number of nitrogens with two attached hydrogens (primary N) is 2. The van der Waals surface area contributed by atoms with E-state index >= 15 is 0 Å². The van der Waals surface area contributed by atoms with Crippen LogP contribution in [0.5, 0.6) is 0 Å². The van der Waals surface area contributed by atoms with E-state index in [9.17, 15) is 13.6 Å². The number of nitrogens with zero attached hydrogens (tertiary/aromatic N) is 1. The Balaban J connectivity index is 3.41. The lowest BCUT2D eigenvalue weighted by atomic mass is 10.1. The molecule has 0 radical (unpaired) electrons. The Labute approximate surface area is 82.9 Å². The molecule has 14 heavy (non-hydrogen) atoms. The lowest BCUT2D eigenvalue weighted by Gasteiger charge is -2.08. The largest absolute Gasteiger partial charge is 0.398 e. The number of aromatic nitrogens is 1. The van der Waals surface area contributed by atoms with E-state index in [0.29, 0.717) is 0 Å². The molecule has 4 N–H and O–H groups in total. The van der Waals surface area contributed by atoms with Crippen LogP contribution >= 0.6 is 11.6 Å². The van der Waals surface area contributed by atoms with Crippen molar-refractivity contribution < 1.29 is 13.6 Å². The molecule has 1 aromatic heterocycles. The topological polar surface area (TPSA) is 82.0 Å².